The van der Waals surface area contributed by atoms with Crippen LogP contribution in [0.1, 0.15) is 0 Å². The molecule has 0 aliphatic carbocycles. The number of aromatic hydroxyl groups is 3. The molecule has 0 fully saturated rings. The molecule has 0 unspecified atom stereocenters. The van der Waals surface area contributed by atoms with Crippen LogP contribution in [-0.2, 0) is 0 Å². The molecule has 0 aliphatic rings. The van der Waals surface area contributed by atoms with Crippen molar-refractivity contribution in [1.29, 1.82) is 0 Å². The van der Waals surface area contributed by atoms with E-state index in [1.807, 2.05) is 6.07 Å². The number of benzene rings is 2. The number of hydrogen-bond donors (Lipinski definition) is 4. The number of phenols is 2. The lowest BCUT2D eigenvalue weighted by atomic mass is 10.1. The third-order valence-corrected chi connectivity index (χ3v) is 3.10. The van der Waals surface area contributed by atoms with Gasteiger partial charge in [0.05, 0.1) is 16.6 Å². The molecular formula is C15H11NO4. The number of pyridine rings is 1. The minimum atomic E-state index is -0.685. The van der Waals surface area contributed by atoms with Crippen molar-refractivity contribution in [3.63, 3.8) is 0 Å². The minimum absolute atomic E-state index is 0.0556. The van der Waals surface area contributed by atoms with E-state index < -0.39 is 11.2 Å². The van der Waals surface area contributed by atoms with Crippen LogP contribution in [-0.4, -0.2) is 20.3 Å². The number of nitrogens with one attached hydrogen (secondary N) is 1. The van der Waals surface area contributed by atoms with Gasteiger partial charge in [0.25, 0.3) is 0 Å². The Morgan fingerprint density at radius 3 is 2.35 bits per heavy atom. The van der Waals surface area contributed by atoms with Crippen LogP contribution in [0.5, 0.6) is 17.2 Å². The van der Waals surface area contributed by atoms with Crippen LogP contribution in [0.3, 0.4) is 0 Å². The van der Waals surface area contributed by atoms with Gasteiger partial charge in [-0.15, -0.1) is 0 Å². The van der Waals surface area contributed by atoms with E-state index in [1.54, 1.807) is 24.3 Å². The molecule has 3 rings (SSSR count). The third-order valence-electron chi connectivity index (χ3n) is 3.10. The second kappa shape index (κ2) is 4.31. The van der Waals surface area contributed by atoms with Crippen LogP contribution in [0, 0.1) is 0 Å². The van der Waals surface area contributed by atoms with E-state index in [9.17, 15) is 20.1 Å². The van der Waals surface area contributed by atoms with Crippen LogP contribution < -0.4 is 5.43 Å². The van der Waals surface area contributed by atoms with E-state index in [1.165, 1.54) is 6.07 Å². The van der Waals surface area contributed by atoms with Crippen molar-refractivity contribution in [2.45, 2.75) is 0 Å². The Morgan fingerprint density at radius 1 is 0.950 bits per heavy atom. The Kier molecular flexibility index (Phi) is 2.61. The van der Waals surface area contributed by atoms with E-state index in [0.29, 0.717) is 5.56 Å². The summed E-state index contributed by atoms with van der Waals surface area (Å²) in [7, 11) is 0. The third kappa shape index (κ3) is 1.76. The van der Waals surface area contributed by atoms with Gasteiger partial charge in [0.2, 0.25) is 5.43 Å². The summed E-state index contributed by atoms with van der Waals surface area (Å²) in [5.74, 6) is -1.02. The average molecular weight is 269 g/mol. The number of phenolic OH excluding ortho intramolecular Hbond substituents is 2. The molecule has 20 heavy (non-hydrogen) atoms. The maximum atomic E-state index is 12.1. The number of H-pyrrole nitrogens is 1. The number of aromatic nitrogens is 1. The molecular weight excluding hydrogens is 258 g/mol. The van der Waals surface area contributed by atoms with Crippen molar-refractivity contribution >= 4 is 10.9 Å². The molecule has 0 aliphatic heterocycles. The largest absolute Gasteiger partial charge is 0.508 e. The van der Waals surface area contributed by atoms with E-state index in [2.05, 4.69) is 4.98 Å². The summed E-state index contributed by atoms with van der Waals surface area (Å²) in [5.41, 5.74) is 0.444. The van der Waals surface area contributed by atoms with Gasteiger partial charge in [0.15, 0.2) is 5.75 Å². The Balaban J connectivity index is 2.42. The van der Waals surface area contributed by atoms with Crippen LogP contribution in [0.15, 0.2) is 47.3 Å². The zero-order valence-electron chi connectivity index (χ0n) is 10.3. The standard InChI is InChI=1S/C15H11NO4/c17-9-6-10-12(11(18)7-9)14(19)15(20)13(16-10)8-4-2-1-3-5-8/h1-7,17-18,20H,(H,16,19). The normalized spacial score (nSPS) is 10.8. The molecule has 5 heteroatoms. The van der Waals surface area contributed by atoms with Gasteiger partial charge in [-0.05, 0) is 0 Å². The fourth-order valence-corrected chi connectivity index (χ4v) is 2.19. The molecule has 1 heterocycles. The maximum Gasteiger partial charge on any atom is 0.235 e. The highest BCUT2D eigenvalue weighted by molar-refractivity contribution is 5.90. The zero-order chi connectivity index (χ0) is 14.3. The molecule has 0 saturated carbocycles. The molecule has 0 amide bonds. The molecule has 0 bridgehead atoms. The molecule has 3 aromatic rings. The molecule has 0 radical (unpaired) electrons. The first-order valence-corrected chi connectivity index (χ1v) is 5.94. The molecule has 0 saturated heterocycles. The van der Waals surface area contributed by atoms with Gasteiger partial charge in [-0.3, -0.25) is 4.79 Å². The fraction of sp³-hybridized carbons (Fsp3) is 0. The summed E-state index contributed by atoms with van der Waals surface area (Å²) in [6.45, 7) is 0. The topological polar surface area (TPSA) is 93.5 Å². The SMILES string of the molecule is O=c1c(O)c(-c2ccccc2)[nH]c2cc(O)cc(O)c12. The van der Waals surface area contributed by atoms with E-state index in [0.717, 1.165) is 6.07 Å². The molecule has 2 aromatic carbocycles. The first-order chi connectivity index (χ1) is 9.58. The van der Waals surface area contributed by atoms with Gasteiger partial charge in [-0.2, -0.15) is 0 Å². The van der Waals surface area contributed by atoms with Crippen molar-refractivity contribution in [2.24, 2.45) is 0 Å². The van der Waals surface area contributed by atoms with Gasteiger partial charge in [-0.25, -0.2) is 0 Å². The summed E-state index contributed by atoms with van der Waals surface area (Å²) in [6, 6.07) is 11.2. The second-order valence-corrected chi connectivity index (χ2v) is 4.43. The van der Waals surface area contributed by atoms with Crippen molar-refractivity contribution in [1.82, 2.24) is 4.98 Å². The molecule has 5 nitrogen and oxygen atoms in total. The quantitative estimate of drug-likeness (QED) is 0.545. The molecule has 100 valence electrons. The first-order valence-electron chi connectivity index (χ1n) is 5.94. The summed E-state index contributed by atoms with van der Waals surface area (Å²) in [6.07, 6.45) is 0. The summed E-state index contributed by atoms with van der Waals surface area (Å²) >= 11 is 0. The lowest BCUT2D eigenvalue weighted by Crippen LogP contribution is -2.05. The van der Waals surface area contributed by atoms with Crippen LogP contribution >= 0.6 is 0 Å². The number of fused-ring (bicyclic) bond motifs is 1. The van der Waals surface area contributed by atoms with Crippen LogP contribution in [0.4, 0.5) is 0 Å². The van der Waals surface area contributed by atoms with Crippen LogP contribution in [0.2, 0.25) is 0 Å². The molecule has 4 N–H and O–H groups in total. The molecule has 1 aromatic heterocycles. The fourth-order valence-electron chi connectivity index (χ4n) is 2.19. The van der Waals surface area contributed by atoms with Gasteiger partial charge in [0.1, 0.15) is 11.5 Å². The molecule has 0 spiro atoms. The predicted molar refractivity (Wildman–Crippen MR) is 75.0 cm³/mol. The van der Waals surface area contributed by atoms with Gasteiger partial charge in [-0.1, -0.05) is 30.3 Å². The van der Waals surface area contributed by atoms with E-state index in [-0.39, 0.29) is 28.1 Å². The van der Waals surface area contributed by atoms with Crippen molar-refractivity contribution < 1.29 is 15.3 Å². The number of rotatable bonds is 1. The minimum Gasteiger partial charge on any atom is -0.508 e. The lowest BCUT2D eigenvalue weighted by molar-refractivity contribution is 0.452. The van der Waals surface area contributed by atoms with E-state index in [4.69, 9.17) is 0 Å². The highest BCUT2D eigenvalue weighted by Gasteiger charge is 2.15. The summed E-state index contributed by atoms with van der Waals surface area (Å²) < 4.78 is 0. The van der Waals surface area contributed by atoms with Gasteiger partial charge in [0, 0.05) is 17.7 Å². The van der Waals surface area contributed by atoms with Crippen molar-refractivity contribution in [2.75, 3.05) is 0 Å². The summed E-state index contributed by atoms with van der Waals surface area (Å²) in [5, 5.41) is 29.2. The predicted octanol–water partition coefficient (Wildman–Crippen LogP) is 2.31. The highest BCUT2D eigenvalue weighted by Crippen LogP contribution is 2.32. The smallest absolute Gasteiger partial charge is 0.235 e. The summed E-state index contributed by atoms with van der Waals surface area (Å²) in [4.78, 5) is 15.0. The number of aromatic amines is 1. The van der Waals surface area contributed by atoms with Gasteiger partial charge >= 0.3 is 0 Å². The van der Waals surface area contributed by atoms with Crippen molar-refractivity contribution in [3.05, 3.63) is 52.7 Å². The lowest BCUT2D eigenvalue weighted by Gasteiger charge is -2.08. The van der Waals surface area contributed by atoms with Gasteiger partial charge < -0.3 is 20.3 Å². The maximum absolute atomic E-state index is 12.1. The highest BCUT2D eigenvalue weighted by atomic mass is 16.3. The zero-order valence-corrected chi connectivity index (χ0v) is 10.3. The number of hydrogen-bond acceptors (Lipinski definition) is 4. The average Bonchev–Trinajstić information content (AvgIpc) is 2.43. The Bertz CT molecular complexity index is 853. The molecule has 0 atom stereocenters. The van der Waals surface area contributed by atoms with Crippen molar-refractivity contribution in [3.8, 4) is 28.5 Å². The Morgan fingerprint density at radius 2 is 1.65 bits per heavy atom. The second-order valence-electron chi connectivity index (χ2n) is 4.43. The Labute approximate surface area is 113 Å². The van der Waals surface area contributed by atoms with E-state index >= 15 is 0 Å². The monoisotopic (exact) mass is 269 g/mol. The van der Waals surface area contributed by atoms with Crippen LogP contribution in [0.25, 0.3) is 22.2 Å². The Hall–Kier alpha value is -2.95. The first kappa shape index (κ1) is 12.1.